The zero-order chi connectivity index (χ0) is 24.9. The molecule has 1 saturated heterocycles. The van der Waals surface area contributed by atoms with Crippen LogP contribution in [-0.4, -0.2) is 63.7 Å². The van der Waals surface area contributed by atoms with Crippen molar-refractivity contribution in [3.8, 4) is 11.1 Å². The van der Waals surface area contributed by atoms with Gasteiger partial charge in [0.2, 0.25) is 5.91 Å². The van der Waals surface area contributed by atoms with Crippen LogP contribution in [0, 0.1) is 0 Å². The van der Waals surface area contributed by atoms with E-state index in [1.807, 2.05) is 58.8 Å². The molecule has 2 aromatic heterocycles. The maximum absolute atomic E-state index is 13.2. The molecule has 0 unspecified atom stereocenters. The van der Waals surface area contributed by atoms with Crippen LogP contribution in [0.3, 0.4) is 0 Å². The number of aromatic nitrogens is 2. The van der Waals surface area contributed by atoms with E-state index in [-0.39, 0.29) is 17.2 Å². The molecule has 2 aromatic carbocycles. The van der Waals surface area contributed by atoms with E-state index in [0.717, 1.165) is 43.9 Å². The summed E-state index contributed by atoms with van der Waals surface area (Å²) in [7, 11) is 1.73. The minimum Gasteiger partial charge on any atom is -0.339 e. The summed E-state index contributed by atoms with van der Waals surface area (Å²) in [5.41, 5.74) is 3.04. The molecule has 0 bridgehead atoms. The van der Waals surface area contributed by atoms with Crippen LogP contribution in [0.5, 0.6) is 0 Å². The molecule has 1 aliphatic heterocycles. The normalized spacial score (nSPS) is 14.6. The zero-order valence-corrected chi connectivity index (χ0v) is 21.8. The van der Waals surface area contributed by atoms with Gasteiger partial charge >= 0.3 is 0 Å². The summed E-state index contributed by atoms with van der Waals surface area (Å²) in [6, 6.07) is 20.2. The van der Waals surface area contributed by atoms with Crippen molar-refractivity contribution in [1.29, 1.82) is 0 Å². The van der Waals surface area contributed by atoms with E-state index in [1.165, 1.54) is 28.7 Å². The minimum atomic E-state index is -0.0766. The Kier molecular flexibility index (Phi) is 7.65. The number of carbonyl (C=O) groups is 1. The fourth-order valence-electron chi connectivity index (χ4n) is 4.31. The molecule has 8 heteroatoms. The van der Waals surface area contributed by atoms with Crippen LogP contribution >= 0.6 is 23.1 Å². The van der Waals surface area contributed by atoms with E-state index >= 15 is 0 Å². The largest absolute Gasteiger partial charge is 0.339 e. The van der Waals surface area contributed by atoms with Crippen LogP contribution in [0.2, 0.25) is 0 Å². The van der Waals surface area contributed by atoms with Gasteiger partial charge in [-0.05, 0) is 11.1 Å². The molecule has 0 radical (unpaired) electrons. The molecular weight excluding hydrogens is 488 g/mol. The van der Waals surface area contributed by atoms with E-state index in [0.29, 0.717) is 15.4 Å². The Balaban J connectivity index is 1.17. The number of fused-ring (bicyclic) bond motifs is 1. The molecule has 184 valence electrons. The van der Waals surface area contributed by atoms with Gasteiger partial charge < -0.3 is 4.90 Å². The Morgan fingerprint density at radius 1 is 1.03 bits per heavy atom. The van der Waals surface area contributed by atoms with Gasteiger partial charge in [0.05, 0.1) is 11.1 Å². The van der Waals surface area contributed by atoms with Gasteiger partial charge in [-0.25, -0.2) is 4.98 Å². The van der Waals surface area contributed by atoms with Gasteiger partial charge in [-0.2, -0.15) is 0 Å². The monoisotopic (exact) mass is 516 g/mol. The molecule has 6 nitrogen and oxygen atoms in total. The Hall–Kier alpha value is -3.20. The Morgan fingerprint density at radius 2 is 1.72 bits per heavy atom. The van der Waals surface area contributed by atoms with Gasteiger partial charge in [0.1, 0.15) is 4.83 Å². The molecule has 36 heavy (non-hydrogen) atoms. The third kappa shape index (κ3) is 5.46. The Morgan fingerprint density at radius 3 is 2.44 bits per heavy atom. The lowest BCUT2D eigenvalue weighted by atomic mass is 10.1. The molecule has 0 aliphatic carbocycles. The summed E-state index contributed by atoms with van der Waals surface area (Å²) in [4.78, 5) is 35.8. The lowest BCUT2D eigenvalue weighted by molar-refractivity contribution is -0.130. The van der Waals surface area contributed by atoms with Crippen LogP contribution < -0.4 is 5.56 Å². The molecule has 0 spiro atoms. The summed E-state index contributed by atoms with van der Waals surface area (Å²) in [5, 5.41) is 3.21. The van der Waals surface area contributed by atoms with Crippen LogP contribution in [0.15, 0.2) is 82.1 Å². The lowest BCUT2D eigenvalue weighted by Crippen LogP contribution is -2.49. The van der Waals surface area contributed by atoms with Crippen molar-refractivity contribution < 1.29 is 4.79 Å². The van der Waals surface area contributed by atoms with Crippen molar-refractivity contribution in [3.63, 3.8) is 0 Å². The molecule has 0 atom stereocenters. The summed E-state index contributed by atoms with van der Waals surface area (Å²) in [5.74, 6) is 0.362. The Labute approximate surface area is 218 Å². The lowest BCUT2D eigenvalue weighted by Gasteiger charge is -2.34. The van der Waals surface area contributed by atoms with Gasteiger partial charge in [-0.1, -0.05) is 84.6 Å². The molecule has 1 aliphatic rings. The predicted molar refractivity (Wildman–Crippen MR) is 150 cm³/mol. The first-order valence-corrected chi connectivity index (χ1v) is 13.8. The SMILES string of the molecule is Cn1c(SCC(=O)N2CCN(C/C=C/c3ccccc3)CC2)nc2scc(-c3ccccc3)c2c1=O. The number of hydrogen-bond acceptors (Lipinski definition) is 6. The van der Waals surface area contributed by atoms with E-state index in [9.17, 15) is 9.59 Å². The predicted octanol–water partition coefficient (Wildman–Crippen LogP) is 4.61. The smallest absolute Gasteiger partial charge is 0.263 e. The van der Waals surface area contributed by atoms with Crippen molar-refractivity contribution >= 4 is 45.3 Å². The third-order valence-electron chi connectivity index (χ3n) is 6.38. The van der Waals surface area contributed by atoms with Gasteiger partial charge in [0.25, 0.3) is 5.56 Å². The van der Waals surface area contributed by atoms with Gasteiger partial charge in [-0.15, -0.1) is 11.3 Å². The van der Waals surface area contributed by atoms with Crippen LogP contribution in [0.1, 0.15) is 5.56 Å². The number of thiophene rings is 1. The second-order valence-electron chi connectivity index (χ2n) is 8.74. The fourth-order valence-corrected chi connectivity index (χ4v) is 6.17. The average Bonchev–Trinajstić information content (AvgIpc) is 3.35. The Bertz CT molecular complexity index is 1420. The van der Waals surface area contributed by atoms with Crippen molar-refractivity contribution in [2.75, 3.05) is 38.5 Å². The van der Waals surface area contributed by atoms with Crippen LogP contribution in [-0.2, 0) is 11.8 Å². The first-order valence-electron chi connectivity index (χ1n) is 12.0. The van der Waals surface area contributed by atoms with Crippen LogP contribution in [0.25, 0.3) is 27.4 Å². The molecule has 1 amide bonds. The first kappa shape index (κ1) is 24.5. The van der Waals surface area contributed by atoms with Crippen molar-refractivity contribution in [1.82, 2.24) is 19.4 Å². The van der Waals surface area contributed by atoms with Crippen molar-refractivity contribution in [2.45, 2.75) is 5.16 Å². The topological polar surface area (TPSA) is 58.4 Å². The molecule has 1 fully saturated rings. The maximum Gasteiger partial charge on any atom is 0.263 e. The molecule has 3 heterocycles. The summed E-state index contributed by atoms with van der Waals surface area (Å²) in [6.45, 7) is 4.03. The van der Waals surface area contributed by atoms with E-state index in [1.54, 1.807) is 11.6 Å². The molecular formula is C28H28N4O2S2. The van der Waals surface area contributed by atoms with E-state index in [4.69, 9.17) is 4.98 Å². The number of benzene rings is 2. The van der Waals surface area contributed by atoms with Gasteiger partial charge in [-0.3, -0.25) is 19.1 Å². The number of piperazine rings is 1. The highest BCUT2D eigenvalue weighted by Gasteiger charge is 2.22. The van der Waals surface area contributed by atoms with Crippen LogP contribution in [0.4, 0.5) is 0 Å². The van der Waals surface area contributed by atoms with Crippen molar-refractivity contribution in [2.24, 2.45) is 7.05 Å². The molecule has 0 saturated carbocycles. The molecule has 5 rings (SSSR count). The first-order chi connectivity index (χ1) is 17.6. The number of hydrogen-bond donors (Lipinski definition) is 0. The minimum absolute atomic E-state index is 0.0766. The molecule has 0 N–H and O–H groups in total. The third-order valence-corrected chi connectivity index (χ3v) is 8.27. The van der Waals surface area contributed by atoms with Crippen molar-refractivity contribution in [3.05, 3.63) is 88.0 Å². The maximum atomic E-state index is 13.2. The molecule has 4 aromatic rings. The second-order valence-corrected chi connectivity index (χ2v) is 10.5. The van der Waals surface area contributed by atoms with E-state index in [2.05, 4.69) is 29.2 Å². The van der Waals surface area contributed by atoms with E-state index < -0.39 is 0 Å². The number of amides is 1. The zero-order valence-electron chi connectivity index (χ0n) is 20.2. The highest BCUT2D eigenvalue weighted by molar-refractivity contribution is 7.99. The quantitative estimate of drug-likeness (QED) is 0.265. The highest BCUT2D eigenvalue weighted by atomic mass is 32.2. The fraction of sp³-hybridized carbons (Fsp3) is 0.250. The number of nitrogens with zero attached hydrogens (tertiary/aromatic N) is 4. The number of thioether (sulfide) groups is 1. The summed E-state index contributed by atoms with van der Waals surface area (Å²) >= 11 is 2.81. The number of rotatable bonds is 7. The number of carbonyl (C=O) groups excluding carboxylic acids is 1. The average molecular weight is 517 g/mol. The second kappa shape index (κ2) is 11.2. The summed E-state index contributed by atoms with van der Waals surface area (Å²) < 4.78 is 1.57. The highest BCUT2D eigenvalue weighted by Crippen LogP contribution is 2.31. The van der Waals surface area contributed by atoms with Gasteiger partial charge in [0.15, 0.2) is 5.16 Å². The summed E-state index contributed by atoms with van der Waals surface area (Å²) in [6.07, 6.45) is 4.32. The van der Waals surface area contributed by atoms with Gasteiger partial charge in [0, 0.05) is 50.7 Å². The standard InChI is InChI=1S/C28H28N4O2S2/c1-30-27(34)25-23(22-12-6-3-7-13-22)19-35-26(25)29-28(30)36-20-24(33)32-17-15-31(16-18-32)14-8-11-21-9-4-2-5-10-21/h2-13,19H,14-18,20H2,1H3/b11-8+.